The zero-order chi connectivity index (χ0) is 25.0. The molecule has 0 bridgehead atoms. The smallest absolute Gasteiger partial charge is 0.252 e. The van der Waals surface area contributed by atoms with Crippen LogP contribution in [0.3, 0.4) is 0 Å². The average Bonchev–Trinajstić information content (AvgIpc) is 3.17. The lowest BCUT2D eigenvalue weighted by molar-refractivity contribution is -0.122. The fraction of sp³-hybridized carbons (Fsp3) is 0.240. The Kier molecular flexibility index (Phi) is 7.13. The summed E-state index contributed by atoms with van der Waals surface area (Å²) in [7, 11) is -2.67. The van der Waals surface area contributed by atoms with Gasteiger partial charge >= 0.3 is 0 Å². The molecule has 2 heterocycles. The van der Waals surface area contributed by atoms with Crippen molar-refractivity contribution in [1.82, 2.24) is 9.29 Å². The van der Waals surface area contributed by atoms with E-state index >= 15 is 0 Å². The minimum Gasteiger partial charge on any atom is -0.497 e. The number of ether oxygens (including phenoxy) is 2. The van der Waals surface area contributed by atoms with Gasteiger partial charge in [0.15, 0.2) is 0 Å². The van der Waals surface area contributed by atoms with Gasteiger partial charge in [0.25, 0.3) is 5.91 Å². The molecule has 0 spiro atoms. The van der Waals surface area contributed by atoms with Gasteiger partial charge in [0.05, 0.1) is 30.7 Å². The van der Waals surface area contributed by atoms with Crippen molar-refractivity contribution >= 4 is 27.5 Å². The SMILES string of the molecule is CCOc1ccc(N2C(=O)CC(N(Cc3cccnc3)S(=O)(=O)c3ccc(OC)cc3)C2=O)cc1. The monoisotopic (exact) mass is 495 g/mol. The maximum atomic E-state index is 13.7. The number of sulfonamides is 1. The molecule has 182 valence electrons. The summed E-state index contributed by atoms with van der Waals surface area (Å²) in [6.07, 6.45) is 2.83. The van der Waals surface area contributed by atoms with Gasteiger partial charge in [0.2, 0.25) is 15.9 Å². The lowest BCUT2D eigenvalue weighted by atomic mass is 10.2. The van der Waals surface area contributed by atoms with E-state index in [0.717, 1.165) is 9.21 Å². The number of nitrogens with zero attached hydrogens (tertiary/aromatic N) is 3. The number of amides is 2. The number of carbonyl (C=O) groups excluding carboxylic acids is 2. The second-order valence-electron chi connectivity index (χ2n) is 7.80. The van der Waals surface area contributed by atoms with E-state index in [1.54, 1.807) is 42.6 Å². The summed E-state index contributed by atoms with van der Waals surface area (Å²) < 4.78 is 39.0. The van der Waals surface area contributed by atoms with Gasteiger partial charge in [0.1, 0.15) is 17.5 Å². The van der Waals surface area contributed by atoms with E-state index < -0.39 is 27.9 Å². The molecule has 3 aromatic rings. The molecule has 1 aliphatic rings. The third kappa shape index (κ3) is 5.03. The molecule has 9 nitrogen and oxygen atoms in total. The van der Waals surface area contributed by atoms with Crippen LogP contribution >= 0.6 is 0 Å². The third-order valence-corrected chi connectivity index (χ3v) is 7.47. The average molecular weight is 496 g/mol. The number of hydrogen-bond donors (Lipinski definition) is 0. The van der Waals surface area contributed by atoms with Crippen LogP contribution in [0.5, 0.6) is 11.5 Å². The van der Waals surface area contributed by atoms with E-state index in [2.05, 4.69) is 4.98 Å². The van der Waals surface area contributed by atoms with Crippen LogP contribution in [0.4, 0.5) is 5.69 Å². The minimum atomic E-state index is -4.15. The first-order valence-electron chi connectivity index (χ1n) is 11.0. The summed E-state index contributed by atoms with van der Waals surface area (Å²) in [6.45, 7) is 2.21. The van der Waals surface area contributed by atoms with Crippen LogP contribution in [0.2, 0.25) is 0 Å². The zero-order valence-electron chi connectivity index (χ0n) is 19.3. The summed E-state index contributed by atoms with van der Waals surface area (Å²) in [5.41, 5.74) is 0.943. The van der Waals surface area contributed by atoms with Crippen molar-refractivity contribution in [1.29, 1.82) is 0 Å². The minimum absolute atomic E-state index is 0.0121. The number of carbonyl (C=O) groups is 2. The van der Waals surface area contributed by atoms with Gasteiger partial charge in [-0.25, -0.2) is 13.3 Å². The zero-order valence-corrected chi connectivity index (χ0v) is 20.1. The van der Waals surface area contributed by atoms with Gasteiger partial charge in [-0.1, -0.05) is 6.07 Å². The second kappa shape index (κ2) is 10.2. The molecule has 0 aliphatic carbocycles. The van der Waals surface area contributed by atoms with Gasteiger partial charge in [-0.05, 0) is 67.1 Å². The number of hydrogen-bond acceptors (Lipinski definition) is 7. The van der Waals surface area contributed by atoms with Gasteiger partial charge in [-0.2, -0.15) is 4.31 Å². The Morgan fingerprint density at radius 2 is 1.71 bits per heavy atom. The molecular formula is C25H25N3O6S. The van der Waals surface area contributed by atoms with E-state index in [1.165, 1.54) is 37.6 Å². The molecule has 0 N–H and O–H groups in total. The molecular weight excluding hydrogens is 470 g/mol. The van der Waals surface area contributed by atoms with Crippen LogP contribution in [-0.4, -0.2) is 49.3 Å². The highest BCUT2D eigenvalue weighted by Crippen LogP contribution is 2.31. The molecule has 1 aromatic heterocycles. The van der Waals surface area contributed by atoms with Crippen molar-refractivity contribution in [2.24, 2.45) is 0 Å². The van der Waals surface area contributed by atoms with Crippen LogP contribution in [0.15, 0.2) is 78.0 Å². The molecule has 2 amide bonds. The summed E-state index contributed by atoms with van der Waals surface area (Å²) in [6, 6.07) is 14.6. The number of imide groups is 1. The van der Waals surface area contributed by atoms with Gasteiger partial charge in [-0.15, -0.1) is 0 Å². The summed E-state index contributed by atoms with van der Waals surface area (Å²) >= 11 is 0. The molecule has 1 saturated heterocycles. The fourth-order valence-corrected chi connectivity index (χ4v) is 5.46. The maximum Gasteiger partial charge on any atom is 0.252 e. The fourth-order valence-electron chi connectivity index (χ4n) is 3.89. The highest BCUT2D eigenvalue weighted by atomic mass is 32.2. The lowest BCUT2D eigenvalue weighted by Crippen LogP contribution is -2.45. The summed E-state index contributed by atoms with van der Waals surface area (Å²) in [4.78, 5) is 31.5. The van der Waals surface area contributed by atoms with Crippen molar-refractivity contribution in [2.75, 3.05) is 18.6 Å². The van der Waals surface area contributed by atoms with E-state index in [0.29, 0.717) is 29.4 Å². The molecule has 0 radical (unpaired) electrons. The van der Waals surface area contributed by atoms with Crippen molar-refractivity contribution in [3.8, 4) is 11.5 Å². The van der Waals surface area contributed by atoms with Crippen LogP contribution in [0, 0.1) is 0 Å². The highest BCUT2D eigenvalue weighted by molar-refractivity contribution is 7.89. The Hall–Kier alpha value is -3.76. The number of rotatable bonds is 9. The van der Waals surface area contributed by atoms with Crippen LogP contribution < -0.4 is 14.4 Å². The Balaban J connectivity index is 1.70. The lowest BCUT2D eigenvalue weighted by Gasteiger charge is -2.27. The number of pyridine rings is 1. The number of methoxy groups -OCH3 is 1. The number of aromatic nitrogens is 1. The Labute approximate surface area is 204 Å². The summed E-state index contributed by atoms with van der Waals surface area (Å²) in [5, 5.41) is 0. The van der Waals surface area contributed by atoms with E-state index in [9.17, 15) is 18.0 Å². The molecule has 1 unspecified atom stereocenters. The molecule has 1 aliphatic heterocycles. The first-order valence-corrected chi connectivity index (χ1v) is 12.4. The van der Waals surface area contributed by atoms with E-state index in [-0.39, 0.29) is 17.9 Å². The molecule has 2 aromatic carbocycles. The molecule has 1 atom stereocenters. The van der Waals surface area contributed by atoms with Crippen LogP contribution in [-0.2, 0) is 26.2 Å². The van der Waals surface area contributed by atoms with Gasteiger partial charge in [-0.3, -0.25) is 14.6 Å². The van der Waals surface area contributed by atoms with Gasteiger partial charge < -0.3 is 9.47 Å². The Bertz CT molecular complexity index is 1300. The number of benzene rings is 2. The second-order valence-corrected chi connectivity index (χ2v) is 9.69. The predicted molar refractivity (Wildman–Crippen MR) is 128 cm³/mol. The topological polar surface area (TPSA) is 106 Å². The standard InChI is InChI=1S/C25H25N3O6S/c1-3-34-21-8-6-19(7-9-21)28-24(29)15-23(25(28)30)27(17-18-5-4-14-26-16-18)35(31,32)22-12-10-20(33-2)11-13-22/h4-14,16,23H,3,15,17H2,1-2H3. The van der Waals surface area contributed by atoms with E-state index in [1.807, 2.05) is 6.92 Å². The molecule has 10 heteroatoms. The first kappa shape index (κ1) is 24.4. The summed E-state index contributed by atoms with van der Waals surface area (Å²) in [5.74, 6) is 0.00847. The largest absolute Gasteiger partial charge is 0.497 e. The van der Waals surface area contributed by atoms with E-state index in [4.69, 9.17) is 9.47 Å². The normalized spacial score (nSPS) is 16.1. The van der Waals surface area contributed by atoms with Crippen molar-refractivity contribution in [2.45, 2.75) is 30.8 Å². The van der Waals surface area contributed by atoms with Crippen LogP contribution in [0.1, 0.15) is 18.9 Å². The van der Waals surface area contributed by atoms with Crippen molar-refractivity contribution in [3.63, 3.8) is 0 Å². The van der Waals surface area contributed by atoms with Gasteiger partial charge in [0, 0.05) is 18.9 Å². The quantitative estimate of drug-likeness (QED) is 0.420. The predicted octanol–water partition coefficient (Wildman–Crippen LogP) is 3.01. The van der Waals surface area contributed by atoms with Crippen molar-refractivity contribution in [3.05, 3.63) is 78.6 Å². The number of anilines is 1. The van der Waals surface area contributed by atoms with Crippen molar-refractivity contribution < 1.29 is 27.5 Å². The first-order chi connectivity index (χ1) is 16.8. The third-order valence-electron chi connectivity index (χ3n) is 5.60. The molecule has 0 saturated carbocycles. The highest BCUT2D eigenvalue weighted by Gasteiger charge is 2.47. The molecule has 4 rings (SSSR count). The molecule has 35 heavy (non-hydrogen) atoms. The Morgan fingerprint density at radius 3 is 2.31 bits per heavy atom. The van der Waals surface area contributed by atoms with Crippen LogP contribution in [0.25, 0.3) is 0 Å². The Morgan fingerprint density at radius 1 is 1.03 bits per heavy atom. The maximum absolute atomic E-state index is 13.7. The molecule has 1 fully saturated rings.